The lowest BCUT2D eigenvalue weighted by molar-refractivity contribution is -0.140. The summed E-state index contributed by atoms with van der Waals surface area (Å²) in [4.78, 5) is 90.0. The number of thiophene rings is 1. The van der Waals surface area contributed by atoms with Crippen LogP contribution in [0.15, 0.2) is 53.9 Å². The topological polar surface area (TPSA) is 270 Å². The number of nitrogen functional groups attached to an aromatic ring is 1. The van der Waals surface area contributed by atoms with Crippen molar-refractivity contribution in [3.8, 4) is 11.1 Å². The number of benzene rings is 2. The summed E-state index contributed by atoms with van der Waals surface area (Å²) in [5.74, 6) is -8.00. The number of carboxylic acids is 2. The van der Waals surface area contributed by atoms with Gasteiger partial charge in [0.05, 0.1) is 32.3 Å². The highest BCUT2D eigenvalue weighted by molar-refractivity contribution is 7.10. The normalized spacial score (nSPS) is 17.1. The maximum atomic E-state index is 16.6. The molecule has 410 valence electrons. The Hall–Kier alpha value is -6.19. The van der Waals surface area contributed by atoms with Crippen molar-refractivity contribution < 1.29 is 61.7 Å². The smallest absolute Gasteiger partial charge is 0.320 e. The van der Waals surface area contributed by atoms with E-state index in [0.29, 0.717) is 16.9 Å². The van der Waals surface area contributed by atoms with Gasteiger partial charge in [-0.3, -0.25) is 39.0 Å². The van der Waals surface area contributed by atoms with Gasteiger partial charge in [-0.1, -0.05) is 94.5 Å². The van der Waals surface area contributed by atoms with Crippen LogP contribution in [0.3, 0.4) is 0 Å². The van der Waals surface area contributed by atoms with E-state index >= 15 is 13.2 Å². The van der Waals surface area contributed by atoms with E-state index in [-0.39, 0.29) is 84.8 Å². The van der Waals surface area contributed by atoms with Crippen LogP contribution in [-0.4, -0.2) is 119 Å². The molecule has 2 aromatic carbocycles. The molecule has 2 heterocycles. The Morgan fingerprint density at radius 1 is 0.800 bits per heavy atom. The minimum absolute atomic E-state index is 0.00857. The fraction of sp³-hybridized carbons (Fsp3) is 0.556. The maximum Gasteiger partial charge on any atom is 0.320 e. The molecule has 0 spiro atoms. The van der Waals surface area contributed by atoms with E-state index in [1.165, 1.54) is 67.0 Å². The zero-order valence-electron chi connectivity index (χ0n) is 42.6. The minimum Gasteiger partial charge on any atom is -0.481 e. The van der Waals surface area contributed by atoms with Crippen molar-refractivity contribution in [2.75, 3.05) is 39.4 Å². The van der Waals surface area contributed by atoms with Crippen LogP contribution < -0.4 is 27.0 Å². The Labute approximate surface area is 439 Å². The zero-order chi connectivity index (χ0) is 54.5. The molecule has 21 heteroatoms. The van der Waals surface area contributed by atoms with Gasteiger partial charge in [-0.25, -0.2) is 4.39 Å². The summed E-state index contributed by atoms with van der Waals surface area (Å²) in [6, 6.07) is 8.30. The van der Waals surface area contributed by atoms with Gasteiger partial charge in [0.2, 0.25) is 17.7 Å². The fourth-order valence-electron chi connectivity index (χ4n) is 9.39. The lowest BCUT2D eigenvalue weighted by Crippen LogP contribution is -2.49. The number of alkyl halides is 3. The van der Waals surface area contributed by atoms with E-state index in [2.05, 4.69) is 21.3 Å². The summed E-state index contributed by atoms with van der Waals surface area (Å²) in [6.45, 7) is -0.197. The number of halogens is 3. The van der Waals surface area contributed by atoms with E-state index in [1.807, 2.05) is 0 Å². The summed E-state index contributed by atoms with van der Waals surface area (Å²) in [5, 5.41) is 38.5. The average molecular weight is 1070 g/mol. The number of Topliss-reactive ketones (excluding diaryl/α,β-unsaturated/α-hetero) is 1. The molecule has 1 aliphatic heterocycles. The van der Waals surface area contributed by atoms with Crippen molar-refractivity contribution in [1.29, 1.82) is 5.41 Å². The predicted molar refractivity (Wildman–Crippen MR) is 277 cm³/mol. The average Bonchev–Trinajstić information content (AvgIpc) is 4.08. The number of amides is 4. The molecule has 1 fully saturated rings. The van der Waals surface area contributed by atoms with Crippen LogP contribution in [0.2, 0.25) is 0 Å². The van der Waals surface area contributed by atoms with Gasteiger partial charge in [0, 0.05) is 77.7 Å². The molecule has 2 aliphatic rings. The standard InChI is InChI=1S/C54H72F3N7O10S/c1-35(45-29-37(32-75-45)49(58)59)63-51(71)44-30-53(55,33-64(44)47(67)31-62-50(70)36-20-21-42-40(28-36)39-17-14-15-18-41(39)54(42,56)57)34-74-27-26-61-46(66)23-22-43(52(72)73)60-25-24-38(65)16-12-10-8-6-4-2-3-5-7-9-11-13-19-48(68)69/h14-15,17-18,20-21,28-29,32,35,43-44,60H,2-13,16,19,22-27,30-31,33-34H2,1H3,(H3,58,59)(H,61,66)(H,62,70)(H,63,71)(H,68,69)(H,72,73)/t35-,43+,44+,53-/m1/s1. The van der Waals surface area contributed by atoms with Crippen molar-refractivity contribution in [3.63, 3.8) is 0 Å². The number of ether oxygens (including phenoxy) is 1. The number of hydrogen-bond donors (Lipinski definition) is 8. The van der Waals surface area contributed by atoms with Gasteiger partial charge in [0.15, 0.2) is 5.67 Å². The number of unbranched alkanes of at least 4 members (excludes halogenated alkanes) is 11. The van der Waals surface area contributed by atoms with Crippen LogP contribution in [0.5, 0.6) is 0 Å². The first-order chi connectivity index (χ1) is 35.8. The van der Waals surface area contributed by atoms with Crippen molar-refractivity contribution >= 4 is 58.5 Å². The molecular weight excluding hydrogens is 996 g/mol. The minimum atomic E-state index is -3.26. The highest BCUT2D eigenvalue weighted by Gasteiger charge is 2.50. The number of nitrogens with two attached hydrogens (primary N) is 1. The lowest BCUT2D eigenvalue weighted by atomic mass is 10.0. The third kappa shape index (κ3) is 18.3. The molecule has 0 unspecified atom stereocenters. The van der Waals surface area contributed by atoms with Gasteiger partial charge < -0.3 is 46.9 Å². The van der Waals surface area contributed by atoms with E-state index in [9.17, 15) is 38.7 Å². The number of carbonyl (C=O) groups is 7. The van der Waals surface area contributed by atoms with Crippen molar-refractivity contribution in [1.82, 2.24) is 26.2 Å². The molecule has 1 aromatic heterocycles. The van der Waals surface area contributed by atoms with Crippen LogP contribution >= 0.6 is 11.3 Å². The number of nitrogens with zero attached hydrogens (tertiary/aromatic N) is 1. The number of nitrogens with one attached hydrogen (secondary N) is 5. The Kier molecular flexibility index (Phi) is 23.2. The van der Waals surface area contributed by atoms with E-state index in [4.69, 9.17) is 21.0 Å². The SMILES string of the molecule is C[C@@H](NC(=O)[C@@H]1C[C@](F)(COCCNC(=O)CC[C@H](NCCC(=O)CCCCCCCCCCCCCCC(=O)O)C(=O)O)CN1C(=O)CNC(=O)c1ccc2c(c1)-c1ccccc1C2(F)F)c1cc(C(=N)N)cs1. The zero-order valence-corrected chi connectivity index (χ0v) is 43.4. The van der Waals surface area contributed by atoms with Crippen molar-refractivity contribution in [2.45, 2.75) is 152 Å². The molecule has 1 aliphatic carbocycles. The number of amidine groups is 1. The lowest BCUT2D eigenvalue weighted by Gasteiger charge is -2.25. The van der Waals surface area contributed by atoms with E-state index in [1.54, 1.807) is 24.4 Å². The van der Waals surface area contributed by atoms with E-state index < -0.39 is 91.4 Å². The molecule has 3 aromatic rings. The van der Waals surface area contributed by atoms with Gasteiger partial charge in [0.25, 0.3) is 11.8 Å². The summed E-state index contributed by atoms with van der Waals surface area (Å²) in [5.41, 5.74) is 3.84. The monoisotopic (exact) mass is 1070 g/mol. The summed E-state index contributed by atoms with van der Waals surface area (Å²) in [6.07, 6.45) is 12.6. The van der Waals surface area contributed by atoms with Gasteiger partial charge >= 0.3 is 11.9 Å². The molecule has 75 heavy (non-hydrogen) atoms. The van der Waals surface area contributed by atoms with Crippen LogP contribution in [0.1, 0.15) is 160 Å². The predicted octanol–water partition coefficient (Wildman–Crippen LogP) is 7.53. The Morgan fingerprint density at radius 2 is 1.44 bits per heavy atom. The Balaban J connectivity index is 1.01. The molecule has 4 amide bonds. The number of carbonyl (C=O) groups excluding carboxylic acids is 5. The largest absolute Gasteiger partial charge is 0.481 e. The van der Waals surface area contributed by atoms with E-state index in [0.717, 1.165) is 62.7 Å². The first kappa shape index (κ1) is 59.7. The van der Waals surface area contributed by atoms with Crippen LogP contribution in [-0.2, 0) is 39.4 Å². The first-order valence-electron chi connectivity index (χ1n) is 26.0. The van der Waals surface area contributed by atoms with Gasteiger partial charge in [-0.15, -0.1) is 11.3 Å². The number of ketones is 1. The second-order valence-corrected chi connectivity index (χ2v) is 20.5. The Bertz CT molecular complexity index is 2470. The second-order valence-electron chi connectivity index (χ2n) is 19.5. The molecule has 17 nitrogen and oxygen atoms in total. The molecule has 9 N–H and O–H groups in total. The molecule has 5 rings (SSSR count). The quantitative estimate of drug-likeness (QED) is 0.0161. The highest BCUT2D eigenvalue weighted by atomic mass is 32.1. The summed E-state index contributed by atoms with van der Waals surface area (Å²) in [7, 11) is 0. The molecule has 0 radical (unpaired) electrons. The second kappa shape index (κ2) is 29.2. The van der Waals surface area contributed by atoms with Crippen LogP contribution in [0.4, 0.5) is 13.2 Å². The molecule has 0 bridgehead atoms. The van der Waals surface area contributed by atoms with Gasteiger partial charge in [-0.05, 0) is 55.5 Å². The summed E-state index contributed by atoms with van der Waals surface area (Å²) >= 11 is 1.25. The third-order valence-electron chi connectivity index (χ3n) is 13.6. The maximum absolute atomic E-state index is 16.6. The number of carboxylic acid groups (broad SMARTS) is 2. The fourth-order valence-corrected chi connectivity index (χ4v) is 10.3. The third-order valence-corrected chi connectivity index (χ3v) is 14.7. The highest BCUT2D eigenvalue weighted by Crippen LogP contribution is 2.51. The number of fused-ring (bicyclic) bond motifs is 3. The summed E-state index contributed by atoms with van der Waals surface area (Å²) < 4.78 is 52.5. The number of aliphatic carboxylic acids is 2. The van der Waals surface area contributed by atoms with Crippen molar-refractivity contribution in [2.24, 2.45) is 5.73 Å². The van der Waals surface area contributed by atoms with Gasteiger partial charge in [0.1, 0.15) is 23.7 Å². The number of hydrogen-bond acceptors (Lipinski definition) is 11. The van der Waals surface area contributed by atoms with Crippen LogP contribution in [0, 0.1) is 5.41 Å². The van der Waals surface area contributed by atoms with Gasteiger partial charge in [-0.2, -0.15) is 8.78 Å². The number of likely N-dealkylation sites (tertiary alicyclic amines) is 1. The number of rotatable bonds is 35. The van der Waals surface area contributed by atoms with Crippen molar-refractivity contribution in [3.05, 3.63) is 81.0 Å². The Morgan fingerprint density at radius 3 is 2.08 bits per heavy atom. The molecule has 1 saturated heterocycles. The molecule has 4 atom stereocenters. The molecular formula is C54H72F3N7O10S. The van der Waals surface area contributed by atoms with Crippen LogP contribution in [0.25, 0.3) is 11.1 Å². The molecule has 0 saturated carbocycles. The first-order valence-corrected chi connectivity index (χ1v) is 26.8.